The number of benzene rings is 1. The third kappa shape index (κ3) is 2.23. The number of amides is 1. The van der Waals surface area contributed by atoms with Crippen molar-refractivity contribution in [3.63, 3.8) is 0 Å². The van der Waals surface area contributed by atoms with E-state index in [0.29, 0.717) is 11.3 Å². The second-order valence-corrected chi connectivity index (χ2v) is 2.85. The highest BCUT2D eigenvalue weighted by Gasteiger charge is 2.06. The first-order valence-electron chi connectivity index (χ1n) is 4.10. The average molecular weight is 190 g/mol. The number of aromatic hydroxyl groups is 1. The largest absolute Gasteiger partial charge is 0.505 e. The number of nitrogens with one attached hydrogen (secondary N) is 1. The molecule has 14 heavy (non-hydrogen) atoms. The van der Waals surface area contributed by atoms with Crippen LogP contribution in [0.2, 0.25) is 0 Å². The topological polar surface area (TPSA) is 73.1 Å². The normalized spacial score (nSPS) is 9.14. The van der Waals surface area contributed by atoms with E-state index >= 15 is 0 Å². The highest BCUT2D eigenvalue weighted by Crippen LogP contribution is 2.26. The van der Waals surface area contributed by atoms with Gasteiger partial charge in [0.1, 0.15) is 12.2 Å². The Labute approximate surface area is 81.8 Å². The fourth-order valence-corrected chi connectivity index (χ4v) is 1.03. The van der Waals surface area contributed by atoms with E-state index in [1.807, 2.05) is 0 Å². The molecule has 0 heterocycles. The molecule has 0 aliphatic carbocycles. The summed E-state index contributed by atoms with van der Waals surface area (Å²) in [6, 6.07) is 6.76. The van der Waals surface area contributed by atoms with E-state index in [2.05, 4.69) is 5.32 Å². The van der Waals surface area contributed by atoms with Crippen molar-refractivity contribution in [3.8, 4) is 11.8 Å². The zero-order chi connectivity index (χ0) is 10.6. The molecule has 0 saturated heterocycles. The van der Waals surface area contributed by atoms with E-state index in [1.54, 1.807) is 31.2 Å². The number of rotatable bonds is 2. The summed E-state index contributed by atoms with van der Waals surface area (Å²) in [6.07, 6.45) is -0.215. The number of aryl methyl sites for hydroxylation is 1. The molecule has 0 spiro atoms. The Balaban J connectivity index is 2.83. The zero-order valence-corrected chi connectivity index (χ0v) is 7.74. The summed E-state index contributed by atoms with van der Waals surface area (Å²) in [6.45, 7) is 1.73. The number of carbonyl (C=O) groups is 1. The van der Waals surface area contributed by atoms with Crippen LogP contribution in [0.5, 0.6) is 5.75 Å². The Bertz CT molecular complexity index is 394. The van der Waals surface area contributed by atoms with Crippen LogP contribution in [0.25, 0.3) is 0 Å². The molecule has 0 unspecified atom stereocenters. The molecule has 1 rings (SSSR count). The van der Waals surface area contributed by atoms with E-state index in [1.165, 1.54) is 0 Å². The van der Waals surface area contributed by atoms with Gasteiger partial charge in [0.15, 0.2) is 0 Å². The van der Waals surface area contributed by atoms with Crippen LogP contribution in [0, 0.1) is 18.3 Å². The van der Waals surface area contributed by atoms with Crippen LogP contribution >= 0.6 is 0 Å². The molecule has 0 fully saturated rings. The first-order valence-corrected chi connectivity index (χ1v) is 4.10. The van der Waals surface area contributed by atoms with E-state index in [-0.39, 0.29) is 12.2 Å². The maximum atomic E-state index is 11.0. The van der Waals surface area contributed by atoms with Gasteiger partial charge in [0, 0.05) is 0 Å². The average Bonchev–Trinajstić information content (AvgIpc) is 2.13. The van der Waals surface area contributed by atoms with Crippen LogP contribution in [-0.2, 0) is 4.79 Å². The molecular weight excluding hydrogens is 180 g/mol. The number of phenolic OH excluding ortho intramolecular Hbond substituents is 1. The minimum absolute atomic E-state index is 0.0405. The quantitative estimate of drug-likeness (QED) is 0.695. The van der Waals surface area contributed by atoms with Crippen LogP contribution in [0.3, 0.4) is 0 Å². The second kappa shape index (κ2) is 4.28. The number of nitrogens with zero attached hydrogens (tertiary/aromatic N) is 1. The van der Waals surface area contributed by atoms with Crippen LogP contribution in [0.4, 0.5) is 5.69 Å². The van der Waals surface area contributed by atoms with Gasteiger partial charge in [0.25, 0.3) is 0 Å². The summed E-state index contributed by atoms with van der Waals surface area (Å²) in [4.78, 5) is 11.0. The van der Waals surface area contributed by atoms with Crippen molar-refractivity contribution >= 4 is 11.6 Å². The van der Waals surface area contributed by atoms with Crippen molar-refractivity contribution in [2.75, 3.05) is 5.32 Å². The van der Waals surface area contributed by atoms with E-state index in [0.717, 1.165) is 0 Å². The summed E-state index contributed by atoms with van der Waals surface area (Å²) in [5.41, 5.74) is 1.02. The summed E-state index contributed by atoms with van der Waals surface area (Å²) >= 11 is 0. The van der Waals surface area contributed by atoms with E-state index in [9.17, 15) is 9.90 Å². The minimum atomic E-state index is -0.423. The monoisotopic (exact) mass is 190 g/mol. The Morgan fingerprint density at radius 3 is 3.00 bits per heavy atom. The van der Waals surface area contributed by atoms with Crippen LogP contribution in [0.1, 0.15) is 12.0 Å². The molecule has 1 aromatic carbocycles. The van der Waals surface area contributed by atoms with Crippen molar-refractivity contribution in [3.05, 3.63) is 23.8 Å². The standard InChI is InChI=1S/C10H10N2O2/c1-7-3-2-4-8(10(7)14)12-9(13)5-6-11/h2-4,14H,5H2,1H3,(H,12,13). The number of carbonyl (C=O) groups excluding carboxylic acids is 1. The van der Waals surface area contributed by atoms with Gasteiger partial charge >= 0.3 is 0 Å². The van der Waals surface area contributed by atoms with Crippen LogP contribution in [0.15, 0.2) is 18.2 Å². The predicted molar refractivity (Wildman–Crippen MR) is 51.7 cm³/mol. The predicted octanol–water partition coefficient (Wildman–Crippen LogP) is 1.55. The molecule has 0 saturated carbocycles. The Morgan fingerprint density at radius 2 is 2.36 bits per heavy atom. The summed E-state index contributed by atoms with van der Waals surface area (Å²) in [7, 11) is 0. The highest BCUT2D eigenvalue weighted by molar-refractivity contribution is 5.93. The van der Waals surface area contributed by atoms with Crippen molar-refractivity contribution in [1.29, 1.82) is 5.26 Å². The van der Waals surface area contributed by atoms with Crippen LogP contribution < -0.4 is 5.32 Å². The van der Waals surface area contributed by atoms with E-state index in [4.69, 9.17) is 5.26 Å². The molecule has 0 aliphatic heterocycles. The first kappa shape index (κ1) is 10.1. The number of para-hydroxylation sites is 1. The Kier molecular flexibility index (Phi) is 3.08. The van der Waals surface area contributed by atoms with Gasteiger partial charge in [-0.05, 0) is 18.6 Å². The lowest BCUT2D eigenvalue weighted by Crippen LogP contribution is -2.10. The molecule has 0 bridgehead atoms. The minimum Gasteiger partial charge on any atom is -0.505 e. The smallest absolute Gasteiger partial charge is 0.238 e. The molecular formula is C10H10N2O2. The fraction of sp³-hybridized carbons (Fsp3) is 0.200. The van der Waals surface area contributed by atoms with Gasteiger partial charge < -0.3 is 10.4 Å². The summed E-state index contributed by atoms with van der Waals surface area (Å²) < 4.78 is 0. The lowest BCUT2D eigenvalue weighted by Gasteiger charge is -2.06. The number of phenols is 1. The van der Waals surface area contributed by atoms with E-state index < -0.39 is 5.91 Å². The van der Waals surface area contributed by atoms with Gasteiger partial charge in [-0.1, -0.05) is 12.1 Å². The van der Waals surface area contributed by atoms with Gasteiger partial charge in [0.2, 0.25) is 5.91 Å². The van der Waals surface area contributed by atoms with Gasteiger partial charge in [0.05, 0.1) is 11.8 Å². The molecule has 2 N–H and O–H groups in total. The maximum absolute atomic E-state index is 11.0. The third-order valence-corrected chi connectivity index (χ3v) is 1.75. The molecule has 72 valence electrons. The molecule has 1 aromatic rings. The second-order valence-electron chi connectivity index (χ2n) is 2.85. The lowest BCUT2D eigenvalue weighted by molar-refractivity contribution is -0.115. The summed E-state index contributed by atoms with van der Waals surface area (Å²) in [5, 5.41) is 20.2. The Hall–Kier alpha value is -2.02. The molecule has 4 heteroatoms. The maximum Gasteiger partial charge on any atom is 0.238 e. The molecule has 0 atom stereocenters. The Morgan fingerprint density at radius 1 is 1.64 bits per heavy atom. The number of hydrogen-bond donors (Lipinski definition) is 2. The summed E-state index contributed by atoms with van der Waals surface area (Å²) in [5.74, 6) is -0.382. The molecule has 0 radical (unpaired) electrons. The van der Waals surface area contributed by atoms with Crippen molar-refractivity contribution in [1.82, 2.24) is 0 Å². The van der Waals surface area contributed by atoms with Crippen LogP contribution in [-0.4, -0.2) is 11.0 Å². The van der Waals surface area contributed by atoms with Gasteiger partial charge in [-0.3, -0.25) is 4.79 Å². The highest BCUT2D eigenvalue weighted by atomic mass is 16.3. The number of anilines is 1. The molecule has 4 nitrogen and oxygen atoms in total. The van der Waals surface area contributed by atoms with Gasteiger partial charge in [-0.25, -0.2) is 0 Å². The first-order chi connectivity index (χ1) is 6.65. The molecule has 1 amide bonds. The third-order valence-electron chi connectivity index (χ3n) is 1.75. The van der Waals surface area contributed by atoms with Crippen molar-refractivity contribution in [2.24, 2.45) is 0 Å². The number of hydrogen-bond acceptors (Lipinski definition) is 3. The SMILES string of the molecule is Cc1cccc(NC(=O)CC#N)c1O. The van der Waals surface area contributed by atoms with Crippen molar-refractivity contribution < 1.29 is 9.90 Å². The molecule has 0 aliphatic rings. The van der Waals surface area contributed by atoms with Gasteiger partial charge in [-0.2, -0.15) is 5.26 Å². The van der Waals surface area contributed by atoms with Crippen molar-refractivity contribution in [2.45, 2.75) is 13.3 Å². The van der Waals surface area contributed by atoms with Gasteiger partial charge in [-0.15, -0.1) is 0 Å². The molecule has 0 aromatic heterocycles. The lowest BCUT2D eigenvalue weighted by atomic mass is 10.2. The fourth-order valence-electron chi connectivity index (χ4n) is 1.03. The zero-order valence-electron chi connectivity index (χ0n) is 7.74. The number of nitriles is 1.